The molecule has 1 saturated heterocycles. The monoisotopic (exact) mass is 353 g/mol. The Labute approximate surface area is 155 Å². The van der Waals surface area contributed by atoms with Crippen LogP contribution in [0.4, 0.5) is 17.2 Å². The largest absolute Gasteiger partial charge is 0.378 e. The van der Waals surface area contributed by atoms with Crippen LogP contribution in [0.5, 0.6) is 0 Å². The van der Waals surface area contributed by atoms with Gasteiger partial charge in [-0.3, -0.25) is 4.79 Å². The molecule has 2 heterocycles. The van der Waals surface area contributed by atoms with Crippen LogP contribution in [0.2, 0.25) is 0 Å². The van der Waals surface area contributed by atoms with Gasteiger partial charge < -0.3 is 15.1 Å². The molecule has 0 radical (unpaired) electrons. The van der Waals surface area contributed by atoms with Gasteiger partial charge in [0.25, 0.3) is 5.91 Å². The first kappa shape index (κ1) is 18.2. The molecule has 6 heteroatoms. The number of hydrogen-bond donors (Lipinski definition) is 1. The summed E-state index contributed by atoms with van der Waals surface area (Å²) in [6.07, 6.45) is 4.34. The Morgan fingerprint density at radius 2 is 1.92 bits per heavy atom. The van der Waals surface area contributed by atoms with Crippen LogP contribution in [0.15, 0.2) is 36.4 Å². The summed E-state index contributed by atoms with van der Waals surface area (Å²) in [7, 11) is 4.02. The second-order valence-corrected chi connectivity index (χ2v) is 6.93. The van der Waals surface area contributed by atoms with E-state index in [1.165, 1.54) is 6.42 Å². The Kier molecular flexibility index (Phi) is 5.71. The van der Waals surface area contributed by atoms with E-state index in [-0.39, 0.29) is 5.91 Å². The van der Waals surface area contributed by atoms with Gasteiger partial charge in [0.15, 0.2) is 11.5 Å². The van der Waals surface area contributed by atoms with Crippen LogP contribution < -0.4 is 10.2 Å². The average molecular weight is 353 g/mol. The molecule has 1 aliphatic rings. The summed E-state index contributed by atoms with van der Waals surface area (Å²) in [5.74, 6) is 0.621. The van der Waals surface area contributed by atoms with Gasteiger partial charge in [-0.1, -0.05) is 6.92 Å². The fourth-order valence-electron chi connectivity index (χ4n) is 3.34. The number of amides is 1. The summed E-state index contributed by atoms with van der Waals surface area (Å²) in [4.78, 5) is 16.7. The Morgan fingerprint density at radius 1 is 1.15 bits per heavy atom. The molecule has 26 heavy (non-hydrogen) atoms. The van der Waals surface area contributed by atoms with Gasteiger partial charge in [-0.15, -0.1) is 10.2 Å². The maximum atomic E-state index is 12.7. The van der Waals surface area contributed by atoms with Crippen molar-refractivity contribution in [2.24, 2.45) is 0 Å². The highest BCUT2D eigenvalue weighted by molar-refractivity contribution is 5.92. The lowest BCUT2D eigenvalue weighted by atomic mass is 9.99. The Bertz CT molecular complexity index is 727. The number of aromatic nitrogens is 2. The lowest BCUT2D eigenvalue weighted by molar-refractivity contribution is 0.0601. The van der Waals surface area contributed by atoms with Crippen LogP contribution in [0.1, 0.15) is 43.1 Å². The molecule has 138 valence electrons. The number of piperidine rings is 1. The minimum Gasteiger partial charge on any atom is -0.378 e. The minimum atomic E-state index is -0.00839. The number of rotatable bonds is 5. The highest BCUT2D eigenvalue weighted by Gasteiger charge is 2.27. The van der Waals surface area contributed by atoms with Crippen LogP contribution >= 0.6 is 0 Å². The van der Waals surface area contributed by atoms with E-state index in [1.54, 1.807) is 6.07 Å². The average Bonchev–Trinajstić information content (AvgIpc) is 2.68. The summed E-state index contributed by atoms with van der Waals surface area (Å²) in [6.45, 7) is 2.95. The van der Waals surface area contributed by atoms with E-state index in [4.69, 9.17) is 0 Å². The van der Waals surface area contributed by atoms with Crippen molar-refractivity contribution in [2.75, 3.05) is 30.9 Å². The summed E-state index contributed by atoms with van der Waals surface area (Å²) >= 11 is 0. The molecule has 0 spiro atoms. The van der Waals surface area contributed by atoms with Crippen molar-refractivity contribution in [1.29, 1.82) is 0 Å². The molecule has 6 nitrogen and oxygen atoms in total. The molecule has 2 aromatic rings. The molecule has 1 unspecified atom stereocenters. The summed E-state index contributed by atoms with van der Waals surface area (Å²) in [5, 5.41) is 11.6. The predicted octanol–water partition coefficient (Wildman–Crippen LogP) is 3.69. The quantitative estimate of drug-likeness (QED) is 0.888. The third kappa shape index (κ3) is 4.12. The van der Waals surface area contributed by atoms with E-state index >= 15 is 0 Å². The molecular weight excluding hydrogens is 326 g/mol. The number of likely N-dealkylation sites (tertiary alicyclic amines) is 1. The highest BCUT2D eigenvalue weighted by atomic mass is 16.2. The number of anilines is 3. The molecule has 1 amide bonds. The van der Waals surface area contributed by atoms with E-state index in [9.17, 15) is 4.79 Å². The Balaban J connectivity index is 1.67. The van der Waals surface area contributed by atoms with E-state index < -0.39 is 0 Å². The van der Waals surface area contributed by atoms with Crippen LogP contribution in [-0.2, 0) is 0 Å². The Morgan fingerprint density at radius 3 is 2.54 bits per heavy atom. The van der Waals surface area contributed by atoms with Crippen LogP contribution in [0.25, 0.3) is 0 Å². The molecule has 1 fully saturated rings. The molecule has 1 atom stereocenters. The first-order valence-corrected chi connectivity index (χ1v) is 9.27. The molecule has 1 aromatic carbocycles. The number of nitrogens with one attached hydrogen (secondary N) is 1. The molecule has 1 aromatic heterocycles. The molecule has 0 aliphatic carbocycles. The van der Waals surface area contributed by atoms with Gasteiger partial charge >= 0.3 is 0 Å². The molecule has 0 bridgehead atoms. The van der Waals surface area contributed by atoms with Crippen molar-refractivity contribution in [2.45, 2.75) is 38.6 Å². The number of hydrogen-bond acceptors (Lipinski definition) is 5. The first-order chi connectivity index (χ1) is 12.6. The zero-order valence-corrected chi connectivity index (χ0v) is 15.8. The lowest BCUT2D eigenvalue weighted by Gasteiger charge is -2.34. The predicted molar refractivity (Wildman–Crippen MR) is 105 cm³/mol. The third-order valence-corrected chi connectivity index (χ3v) is 4.90. The maximum absolute atomic E-state index is 12.7. The van der Waals surface area contributed by atoms with Crippen LogP contribution in [0, 0.1) is 0 Å². The van der Waals surface area contributed by atoms with E-state index in [0.717, 1.165) is 37.2 Å². The standard InChI is InChI=1S/C20H27N5O/c1-4-16-7-5-6-14-25(16)20(26)18-12-13-19(23-22-18)21-15-8-10-17(11-9-15)24(2)3/h8-13,16H,4-7,14H2,1-3H3,(H,21,23). The molecule has 1 N–H and O–H groups in total. The summed E-state index contributed by atoms with van der Waals surface area (Å²) in [5.41, 5.74) is 2.49. The topological polar surface area (TPSA) is 61.4 Å². The zero-order chi connectivity index (χ0) is 18.5. The van der Waals surface area contributed by atoms with E-state index in [0.29, 0.717) is 17.6 Å². The van der Waals surface area contributed by atoms with Gasteiger partial charge in [0, 0.05) is 38.1 Å². The van der Waals surface area contributed by atoms with Crippen molar-refractivity contribution in [3.8, 4) is 0 Å². The summed E-state index contributed by atoms with van der Waals surface area (Å²) in [6, 6.07) is 12.0. The lowest BCUT2D eigenvalue weighted by Crippen LogP contribution is -2.43. The van der Waals surface area contributed by atoms with Gasteiger partial charge in [-0.25, -0.2) is 0 Å². The van der Waals surface area contributed by atoms with Crippen LogP contribution in [-0.4, -0.2) is 47.7 Å². The van der Waals surface area contributed by atoms with E-state index in [2.05, 4.69) is 22.4 Å². The van der Waals surface area contributed by atoms with Gasteiger partial charge in [0.05, 0.1) is 0 Å². The number of carbonyl (C=O) groups excluding carboxylic acids is 1. The SMILES string of the molecule is CCC1CCCCN1C(=O)c1ccc(Nc2ccc(N(C)C)cc2)nn1. The number of carbonyl (C=O) groups is 1. The van der Waals surface area contributed by atoms with Crippen molar-refractivity contribution >= 4 is 23.1 Å². The normalized spacial score (nSPS) is 17.0. The fourth-order valence-corrected chi connectivity index (χ4v) is 3.34. The second-order valence-electron chi connectivity index (χ2n) is 6.93. The van der Waals surface area contributed by atoms with E-state index in [1.807, 2.05) is 54.2 Å². The van der Waals surface area contributed by atoms with Crippen molar-refractivity contribution in [3.05, 3.63) is 42.1 Å². The van der Waals surface area contributed by atoms with Gasteiger partial charge in [0.1, 0.15) is 0 Å². The zero-order valence-electron chi connectivity index (χ0n) is 15.8. The second kappa shape index (κ2) is 8.17. The van der Waals surface area contributed by atoms with Gasteiger partial charge in [-0.05, 0) is 62.1 Å². The Hall–Kier alpha value is -2.63. The molecule has 1 aliphatic heterocycles. The molecule has 3 rings (SSSR count). The fraction of sp³-hybridized carbons (Fsp3) is 0.450. The van der Waals surface area contributed by atoms with Crippen LogP contribution in [0.3, 0.4) is 0 Å². The van der Waals surface area contributed by atoms with Gasteiger partial charge in [-0.2, -0.15) is 0 Å². The smallest absolute Gasteiger partial charge is 0.274 e. The van der Waals surface area contributed by atoms with Crippen molar-refractivity contribution < 1.29 is 4.79 Å². The molecule has 0 saturated carbocycles. The highest BCUT2D eigenvalue weighted by Crippen LogP contribution is 2.22. The molecular formula is C20H27N5O. The number of benzene rings is 1. The third-order valence-electron chi connectivity index (χ3n) is 4.90. The van der Waals surface area contributed by atoms with Crippen molar-refractivity contribution in [1.82, 2.24) is 15.1 Å². The van der Waals surface area contributed by atoms with Gasteiger partial charge in [0.2, 0.25) is 0 Å². The van der Waals surface area contributed by atoms with Crippen molar-refractivity contribution in [3.63, 3.8) is 0 Å². The number of nitrogens with zero attached hydrogens (tertiary/aromatic N) is 4. The minimum absolute atomic E-state index is 0.00839. The first-order valence-electron chi connectivity index (χ1n) is 9.27. The maximum Gasteiger partial charge on any atom is 0.274 e. The summed E-state index contributed by atoms with van der Waals surface area (Å²) < 4.78 is 0.